The maximum Gasteiger partial charge on any atom is 0.253 e. The summed E-state index contributed by atoms with van der Waals surface area (Å²) >= 11 is 0. The minimum absolute atomic E-state index is 0.0562. The normalized spacial score (nSPS) is 15.0. The van der Waals surface area contributed by atoms with Gasteiger partial charge in [-0.3, -0.25) is 4.79 Å². The SMILES string of the molecule is CCOc1ccc(C(=O)N2CCC(c3nc(C(C)(C)C)ncc3-c3cc(C)no3)CC2)cc1. The van der Waals surface area contributed by atoms with Gasteiger partial charge in [-0.15, -0.1) is 0 Å². The van der Waals surface area contributed by atoms with Crippen LogP contribution in [0.3, 0.4) is 0 Å². The summed E-state index contributed by atoms with van der Waals surface area (Å²) in [6.45, 7) is 12.2. The lowest BCUT2D eigenvalue weighted by atomic mass is 9.88. The Morgan fingerprint density at radius 2 is 1.88 bits per heavy atom. The van der Waals surface area contributed by atoms with Crippen molar-refractivity contribution in [3.05, 3.63) is 59.3 Å². The van der Waals surface area contributed by atoms with Gasteiger partial charge in [0.15, 0.2) is 5.76 Å². The highest BCUT2D eigenvalue weighted by Crippen LogP contribution is 2.35. The van der Waals surface area contributed by atoms with Gasteiger partial charge in [0.05, 0.1) is 23.6 Å². The molecule has 7 heteroatoms. The number of nitrogens with zero attached hydrogens (tertiary/aromatic N) is 4. The maximum absolute atomic E-state index is 13.0. The van der Waals surface area contributed by atoms with Crippen molar-refractivity contribution >= 4 is 5.91 Å². The van der Waals surface area contributed by atoms with Crippen molar-refractivity contribution in [2.45, 2.75) is 58.8 Å². The molecule has 0 atom stereocenters. The van der Waals surface area contributed by atoms with E-state index in [0.717, 1.165) is 41.4 Å². The molecule has 1 aliphatic rings. The molecular weight excluding hydrogens is 416 g/mol. The number of amides is 1. The van der Waals surface area contributed by atoms with Crippen LogP contribution < -0.4 is 4.74 Å². The van der Waals surface area contributed by atoms with E-state index in [0.29, 0.717) is 31.0 Å². The fourth-order valence-corrected chi connectivity index (χ4v) is 4.15. The fraction of sp³-hybridized carbons (Fsp3) is 0.462. The third kappa shape index (κ3) is 5.07. The topological polar surface area (TPSA) is 81.4 Å². The highest BCUT2D eigenvalue weighted by atomic mass is 16.5. The summed E-state index contributed by atoms with van der Waals surface area (Å²) in [6.07, 6.45) is 3.54. The zero-order valence-corrected chi connectivity index (χ0v) is 20.1. The maximum atomic E-state index is 13.0. The van der Waals surface area contributed by atoms with Crippen molar-refractivity contribution in [1.82, 2.24) is 20.0 Å². The molecule has 0 radical (unpaired) electrons. The lowest BCUT2D eigenvalue weighted by molar-refractivity contribution is 0.0712. The van der Waals surface area contributed by atoms with Crippen LogP contribution in [0.25, 0.3) is 11.3 Å². The Bertz CT molecular complexity index is 1110. The molecule has 33 heavy (non-hydrogen) atoms. The van der Waals surface area contributed by atoms with E-state index < -0.39 is 0 Å². The highest BCUT2D eigenvalue weighted by molar-refractivity contribution is 5.94. The number of aromatic nitrogens is 3. The van der Waals surface area contributed by atoms with Crippen molar-refractivity contribution in [3.63, 3.8) is 0 Å². The van der Waals surface area contributed by atoms with Gasteiger partial charge in [-0.05, 0) is 51.0 Å². The van der Waals surface area contributed by atoms with E-state index in [1.165, 1.54) is 0 Å². The van der Waals surface area contributed by atoms with Gasteiger partial charge >= 0.3 is 0 Å². The second-order valence-corrected chi connectivity index (χ2v) is 9.60. The number of carbonyl (C=O) groups is 1. The van der Waals surface area contributed by atoms with Gasteiger partial charge in [-0.1, -0.05) is 25.9 Å². The molecule has 1 aromatic carbocycles. The monoisotopic (exact) mass is 448 g/mol. The van der Waals surface area contributed by atoms with E-state index in [2.05, 4.69) is 30.9 Å². The Balaban J connectivity index is 1.53. The second-order valence-electron chi connectivity index (χ2n) is 9.60. The van der Waals surface area contributed by atoms with Crippen LogP contribution in [0.15, 0.2) is 41.1 Å². The molecule has 7 nitrogen and oxygen atoms in total. The van der Waals surface area contributed by atoms with Crippen molar-refractivity contribution in [2.75, 3.05) is 19.7 Å². The first-order valence-electron chi connectivity index (χ1n) is 11.6. The second kappa shape index (κ2) is 9.33. The van der Waals surface area contributed by atoms with Gasteiger partial charge in [0.2, 0.25) is 0 Å². The predicted octanol–water partition coefficient (Wildman–Crippen LogP) is 5.16. The number of piperidine rings is 1. The van der Waals surface area contributed by atoms with Crippen LogP contribution in [0.4, 0.5) is 0 Å². The quantitative estimate of drug-likeness (QED) is 0.536. The summed E-state index contributed by atoms with van der Waals surface area (Å²) in [5, 5.41) is 4.04. The van der Waals surface area contributed by atoms with Crippen LogP contribution in [-0.2, 0) is 5.41 Å². The molecule has 1 aliphatic heterocycles. The molecule has 4 rings (SSSR count). The third-order valence-electron chi connectivity index (χ3n) is 5.96. The molecule has 3 heterocycles. The minimum Gasteiger partial charge on any atom is -0.494 e. The number of hydrogen-bond donors (Lipinski definition) is 0. The van der Waals surface area contributed by atoms with E-state index in [-0.39, 0.29) is 17.2 Å². The van der Waals surface area contributed by atoms with Crippen LogP contribution in [0.1, 0.15) is 74.0 Å². The van der Waals surface area contributed by atoms with E-state index in [1.807, 2.05) is 55.3 Å². The Hall–Kier alpha value is -3.22. The molecule has 0 aliphatic carbocycles. The van der Waals surface area contributed by atoms with Crippen LogP contribution in [0, 0.1) is 6.92 Å². The lowest BCUT2D eigenvalue weighted by Crippen LogP contribution is -2.38. The number of ether oxygens (including phenoxy) is 1. The van der Waals surface area contributed by atoms with E-state index in [4.69, 9.17) is 14.2 Å². The van der Waals surface area contributed by atoms with Crippen molar-refractivity contribution in [1.29, 1.82) is 0 Å². The molecule has 0 spiro atoms. The lowest BCUT2D eigenvalue weighted by Gasteiger charge is -2.33. The fourth-order valence-electron chi connectivity index (χ4n) is 4.15. The predicted molar refractivity (Wildman–Crippen MR) is 126 cm³/mol. The van der Waals surface area contributed by atoms with Crippen LogP contribution >= 0.6 is 0 Å². The largest absolute Gasteiger partial charge is 0.494 e. The average molecular weight is 449 g/mol. The van der Waals surface area contributed by atoms with Crippen molar-refractivity contribution in [3.8, 4) is 17.1 Å². The van der Waals surface area contributed by atoms with Crippen LogP contribution in [0.5, 0.6) is 5.75 Å². The summed E-state index contributed by atoms with van der Waals surface area (Å²) in [7, 11) is 0. The molecule has 0 saturated carbocycles. The smallest absolute Gasteiger partial charge is 0.253 e. The molecule has 0 unspecified atom stereocenters. The zero-order valence-electron chi connectivity index (χ0n) is 20.1. The summed E-state index contributed by atoms with van der Waals surface area (Å²) < 4.78 is 11.0. The Kier molecular flexibility index (Phi) is 6.49. The standard InChI is InChI=1S/C26H32N4O3/c1-6-32-20-9-7-19(8-10-20)24(31)30-13-11-18(12-14-30)23-21(22-15-17(2)29-33-22)16-27-25(28-23)26(3,4)5/h7-10,15-16,18H,6,11-14H2,1-5H3. The number of hydrogen-bond acceptors (Lipinski definition) is 6. The molecule has 1 saturated heterocycles. The van der Waals surface area contributed by atoms with Crippen LogP contribution in [-0.4, -0.2) is 45.6 Å². The molecule has 2 aromatic heterocycles. The highest BCUT2D eigenvalue weighted by Gasteiger charge is 2.30. The van der Waals surface area contributed by atoms with Crippen molar-refractivity contribution < 1.29 is 14.1 Å². The van der Waals surface area contributed by atoms with E-state index in [1.54, 1.807) is 0 Å². The van der Waals surface area contributed by atoms with Crippen LogP contribution in [0.2, 0.25) is 0 Å². The molecule has 1 amide bonds. The summed E-state index contributed by atoms with van der Waals surface area (Å²) in [5.74, 6) is 2.56. The molecule has 174 valence electrons. The molecule has 0 bridgehead atoms. The van der Waals surface area contributed by atoms with Crippen molar-refractivity contribution in [2.24, 2.45) is 0 Å². The minimum atomic E-state index is -0.158. The molecule has 3 aromatic rings. The Morgan fingerprint density at radius 3 is 2.45 bits per heavy atom. The van der Waals surface area contributed by atoms with Gasteiger partial charge in [0, 0.05) is 42.2 Å². The number of carbonyl (C=O) groups excluding carboxylic acids is 1. The van der Waals surface area contributed by atoms with Gasteiger partial charge in [0.1, 0.15) is 11.6 Å². The number of aryl methyl sites for hydroxylation is 1. The Morgan fingerprint density at radius 1 is 1.18 bits per heavy atom. The number of rotatable bonds is 5. The first-order valence-corrected chi connectivity index (χ1v) is 11.6. The van der Waals surface area contributed by atoms with E-state index in [9.17, 15) is 4.79 Å². The van der Waals surface area contributed by atoms with Gasteiger partial charge in [0.25, 0.3) is 5.91 Å². The molecule has 0 N–H and O–H groups in total. The number of likely N-dealkylation sites (tertiary alicyclic amines) is 1. The average Bonchev–Trinajstić information content (AvgIpc) is 3.24. The summed E-state index contributed by atoms with van der Waals surface area (Å²) in [5.41, 5.74) is 3.23. The van der Waals surface area contributed by atoms with Gasteiger partial charge < -0.3 is 14.2 Å². The third-order valence-corrected chi connectivity index (χ3v) is 5.96. The first-order chi connectivity index (χ1) is 15.8. The van der Waals surface area contributed by atoms with Gasteiger partial charge in [-0.25, -0.2) is 9.97 Å². The Labute approximate surface area is 195 Å². The summed E-state index contributed by atoms with van der Waals surface area (Å²) in [4.78, 5) is 24.6. The zero-order chi connectivity index (χ0) is 23.6. The molecular formula is C26H32N4O3. The number of benzene rings is 1. The molecule has 1 fully saturated rings. The summed E-state index contributed by atoms with van der Waals surface area (Å²) in [6, 6.07) is 9.30. The first kappa shape index (κ1) is 23.0. The van der Waals surface area contributed by atoms with E-state index >= 15 is 0 Å². The van der Waals surface area contributed by atoms with Gasteiger partial charge in [-0.2, -0.15) is 0 Å².